The van der Waals surface area contributed by atoms with Crippen molar-refractivity contribution in [2.24, 2.45) is 45.8 Å². The van der Waals surface area contributed by atoms with Crippen LogP contribution in [-0.4, -0.2) is 59.6 Å². The summed E-state index contributed by atoms with van der Waals surface area (Å²) >= 11 is 0. The number of aliphatic hydroxyl groups is 1. The summed E-state index contributed by atoms with van der Waals surface area (Å²) in [6.45, 7) is 13.1. The second kappa shape index (κ2) is 9.95. The van der Waals surface area contributed by atoms with Crippen molar-refractivity contribution < 1.29 is 24.2 Å². The van der Waals surface area contributed by atoms with Crippen LogP contribution in [-0.2, 0) is 14.3 Å². The molecular weight excluding hydrogens is 492 g/mol. The molecule has 5 aliphatic rings. The maximum Gasteiger partial charge on any atom is 0.414 e. The molecule has 0 aromatic rings. The third-order valence-electron chi connectivity index (χ3n) is 11.5. The minimum absolute atomic E-state index is 0. The zero-order chi connectivity index (χ0) is 26.0. The van der Waals surface area contributed by atoms with E-state index in [9.17, 15) is 19.5 Å². The number of nitrogens with one attached hydrogen (secondary N) is 1. The molecule has 0 aromatic heterocycles. The first-order valence-electron chi connectivity index (χ1n) is 14.0. The fraction of sp³-hybridized carbons (Fsp3) is 0.828. The van der Waals surface area contributed by atoms with Crippen LogP contribution in [0.25, 0.3) is 0 Å². The van der Waals surface area contributed by atoms with E-state index in [2.05, 4.69) is 31.0 Å². The van der Waals surface area contributed by atoms with Crippen molar-refractivity contribution in [2.45, 2.75) is 85.4 Å². The molecule has 2 aliphatic heterocycles. The van der Waals surface area contributed by atoms with E-state index < -0.39 is 29.1 Å². The number of amides is 2. The average Bonchev–Trinajstić information content (AvgIpc) is 3.55. The number of carbonyl (C=O) groups excluding carboxylic acids is 3. The number of ether oxygens (including phenoxy) is 1. The number of alkyl carbamates (subject to hydrolysis) is 1. The van der Waals surface area contributed by atoms with Gasteiger partial charge in [-0.25, -0.2) is 4.79 Å². The molecule has 5 rings (SSSR count). The maximum absolute atomic E-state index is 13.5. The van der Waals surface area contributed by atoms with Crippen molar-refractivity contribution in [2.75, 3.05) is 19.6 Å². The molecular formula is C29H45ClN2O5. The molecule has 2 heterocycles. The Bertz CT molecular complexity index is 972. The minimum Gasteiger partial charge on any atom is -0.445 e. The second-order valence-electron chi connectivity index (χ2n) is 13.2. The van der Waals surface area contributed by atoms with Crippen LogP contribution in [0.5, 0.6) is 0 Å². The van der Waals surface area contributed by atoms with Crippen LogP contribution in [0.4, 0.5) is 4.79 Å². The predicted octanol–water partition coefficient (Wildman–Crippen LogP) is 4.37. The molecule has 3 saturated carbocycles. The van der Waals surface area contributed by atoms with E-state index in [4.69, 9.17) is 4.74 Å². The predicted molar refractivity (Wildman–Crippen MR) is 143 cm³/mol. The van der Waals surface area contributed by atoms with E-state index >= 15 is 0 Å². The van der Waals surface area contributed by atoms with Crippen LogP contribution in [0.2, 0.25) is 0 Å². The van der Waals surface area contributed by atoms with E-state index in [1.807, 2.05) is 26.0 Å². The monoisotopic (exact) mass is 536 g/mol. The van der Waals surface area contributed by atoms with Gasteiger partial charge < -0.3 is 14.7 Å². The fourth-order valence-corrected chi connectivity index (χ4v) is 9.28. The van der Waals surface area contributed by atoms with Gasteiger partial charge in [0.2, 0.25) is 5.91 Å². The van der Waals surface area contributed by atoms with Crippen molar-refractivity contribution in [1.29, 1.82) is 0 Å². The molecule has 3 aliphatic carbocycles. The van der Waals surface area contributed by atoms with Crippen LogP contribution < -0.4 is 5.32 Å². The number of rotatable bonds is 3. The third kappa shape index (κ3) is 4.28. The molecule has 11 atom stereocenters. The molecule has 2 saturated heterocycles. The molecule has 5 fully saturated rings. The molecule has 7 nitrogen and oxygen atoms in total. The van der Waals surface area contributed by atoms with E-state index in [0.717, 1.165) is 38.8 Å². The highest BCUT2D eigenvalue weighted by Gasteiger charge is 2.68. The lowest BCUT2D eigenvalue weighted by atomic mass is 9.44. The largest absolute Gasteiger partial charge is 0.445 e. The summed E-state index contributed by atoms with van der Waals surface area (Å²) in [4.78, 5) is 42.0. The first-order chi connectivity index (χ1) is 17.0. The van der Waals surface area contributed by atoms with Crippen LogP contribution in [0, 0.1) is 45.8 Å². The van der Waals surface area contributed by atoms with Crippen LogP contribution in [0.1, 0.15) is 73.1 Å². The number of aliphatic hydroxyl groups excluding tert-OH is 1. The fourth-order valence-electron chi connectivity index (χ4n) is 9.28. The number of hydrogen-bond donors (Lipinski definition) is 2. The Balaban J connectivity index is 0.00000320. The lowest BCUT2D eigenvalue weighted by Crippen LogP contribution is -2.63. The van der Waals surface area contributed by atoms with Gasteiger partial charge in [0.15, 0.2) is 0 Å². The molecule has 2 N–H and O–H groups in total. The third-order valence-corrected chi connectivity index (χ3v) is 11.5. The minimum atomic E-state index is -0.719. The summed E-state index contributed by atoms with van der Waals surface area (Å²) in [5, 5.41) is 14.3. The Morgan fingerprint density at radius 1 is 1.16 bits per heavy atom. The number of carbonyl (C=O) groups is 3. The number of ketones is 1. The SMILES string of the molecule is C/C=C\[C@]1(C)C[C@@H](OC(=O)NC(=O)[C@H]2CN3CC[C@@H]2C3)[C@]2(C)[C@H](C)CC[C@]3(CCC(=O)[C@H]32)[C@@H](C)[C@@H]1O.Cl. The summed E-state index contributed by atoms with van der Waals surface area (Å²) in [5.41, 5.74) is -1.49. The number of imide groups is 1. The van der Waals surface area contributed by atoms with Crippen LogP contribution in [0.3, 0.4) is 0 Å². The summed E-state index contributed by atoms with van der Waals surface area (Å²) in [6.07, 6.45) is 6.54. The number of fused-ring (bicyclic) bond motifs is 2. The van der Waals surface area contributed by atoms with Gasteiger partial charge in [0.05, 0.1) is 12.0 Å². The normalized spacial score (nSPS) is 48.6. The van der Waals surface area contributed by atoms with Crippen molar-refractivity contribution in [3.8, 4) is 0 Å². The summed E-state index contributed by atoms with van der Waals surface area (Å²) in [5.74, 6) is -0.0300. The quantitative estimate of drug-likeness (QED) is 0.520. The molecule has 1 unspecified atom stereocenters. The molecule has 37 heavy (non-hydrogen) atoms. The Morgan fingerprint density at radius 2 is 1.89 bits per heavy atom. The highest BCUT2D eigenvalue weighted by molar-refractivity contribution is 5.93. The highest BCUT2D eigenvalue weighted by Crippen LogP contribution is 2.68. The molecule has 0 aromatic carbocycles. The van der Waals surface area contributed by atoms with Gasteiger partial charge in [-0.3, -0.25) is 14.9 Å². The summed E-state index contributed by atoms with van der Waals surface area (Å²) < 4.78 is 6.19. The molecule has 208 valence electrons. The highest BCUT2D eigenvalue weighted by atomic mass is 35.5. The average molecular weight is 537 g/mol. The van der Waals surface area contributed by atoms with Gasteiger partial charge in [-0.05, 0) is 68.7 Å². The van der Waals surface area contributed by atoms with Crippen molar-refractivity contribution >= 4 is 30.2 Å². The van der Waals surface area contributed by atoms with E-state index in [-0.39, 0.29) is 53.2 Å². The number of hydrogen-bond acceptors (Lipinski definition) is 6. The molecule has 4 bridgehead atoms. The van der Waals surface area contributed by atoms with Gasteiger partial charge in [0, 0.05) is 36.3 Å². The van der Waals surface area contributed by atoms with E-state index in [1.54, 1.807) is 0 Å². The van der Waals surface area contributed by atoms with Gasteiger partial charge in [-0.2, -0.15) is 0 Å². The van der Waals surface area contributed by atoms with Crippen molar-refractivity contribution in [3.05, 3.63) is 12.2 Å². The van der Waals surface area contributed by atoms with Gasteiger partial charge in [0.25, 0.3) is 0 Å². The Labute approximate surface area is 227 Å². The summed E-state index contributed by atoms with van der Waals surface area (Å²) in [7, 11) is 0. The van der Waals surface area contributed by atoms with Crippen LogP contribution in [0.15, 0.2) is 12.2 Å². The topological polar surface area (TPSA) is 95.9 Å². The van der Waals surface area contributed by atoms with Gasteiger partial charge in [0.1, 0.15) is 11.9 Å². The molecule has 0 radical (unpaired) electrons. The first-order valence-corrected chi connectivity index (χ1v) is 14.0. The van der Waals surface area contributed by atoms with Gasteiger partial charge in [-0.1, -0.05) is 39.8 Å². The lowest BCUT2D eigenvalue weighted by molar-refractivity contribution is -0.191. The number of nitrogens with zero attached hydrogens (tertiary/aromatic N) is 1. The Kier molecular flexibility index (Phi) is 7.68. The van der Waals surface area contributed by atoms with Gasteiger partial charge >= 0.3 is 6.09 Å². The molecule has 8 heteroatoms. The maximum atomic E-state index is 13.5. The number of piperidine rings is 1. The second-order valence-corrected chi connectivity index (χ2v) is 13.2. The zero-order valence-electron chi connectivity index (χ0n) is 23.0. The zero-order valence-corrected chi connectivity index (χ0v) is 23.8. The van der Waals surface area contributed by atoms with E-state index in [0.29, 0.717) is 25.3 Å². The van der Waals surface area contributed by atoms with Crippen molar-refractivity contribution in [1.82, 2.24) is 10.2 Å². The Hall–Kier alpha value is -1.44. The van der Waals surface area contributed by atoms with Crippen LogP contribution >= 0.6 is 12.4 Å². The smallest absolute Gasteiger partial charge is 0.414 e. The Morgan fingerprint density at radius 3 is 2.51 bits per heavy atom. The molecule has 2 amide bonds. The van der Waals surface area contributed by atoms with Crippen molar-refractivity contribution in [3.63, 3.8) is 0 Å². The number of Topliss-reactive ketones (excluding diaryl/α,β-unsaturated/α-hetero) is 1. The standard InChI is InChI=1S/C29H44N2O5.ClH/c1-6-10-27(4)14-22(36-26(35)30-25(34)20-16-31-13-9-19(20)15-31)28(5)17(2)7-11-29(18(3)24(27)33)12-8-21(32)23(28)29;/h6,10,17-20,22-24,33H,7-9,11-16H2,1-5H3,(H,30,34,35);1H/b10-6-;/t17-,18+,19-,20+,22-,23+,24+,27-,28+,29+;/m1./s1. The first kappa shape index (κ1) is 28.6. The van der Waals surface area contributed by atoms with Gasteiger partial charge in [-0.15, -0.1) is 12.4 Å². The molecule has 0 spiro atoms. The number of halogens is 1. The van der Waals surface area contributed by atoms with E-state index in [1.165, 1.54) is 0 Å². The number of allylic oxidation sites excluding steroid dienone is 1. The summed E-state index contributed by atoms with van der Waals surface area (Å²) in [6, 6.07) is 0. The lowest BCUT2D eigenvalue weighted by Gasteiger charge is -2.61.